The number of aliphatic hydroxyl groups is 1. The van der Waals surface area contributed by atoms with Crippen LogP contribution in [0.4, 0.5) is 5.69 Å². The molecule has 0 aliphatic rings. The molecule has 0 radical (unpaired) electrons. The number of nitrogens with zero attached hydrogens (tertiary/aromatic N) is 1. The predicted octanol–water partition coefficient (Wildman–Crippen LogP) is 0.963. The van der Waals surface area contributed by atoms with Crippen LogP contribution in [0.25, 0.3) is 0 Å². The van der Waals surface area contributed by atoms with Crippen molar-refractivity contribution >= 4 is 11.7 Å². The van der Waals surface area contributed by atoms with Crippen molar-refractivity contribution in [3.63, 3.8) is 0 Å². The molecule has 1 heterocycles. The van der Waals surface area contributed by atoms with Gasteiger partial charge in [0, 0.05) is 12.7 Å². The van der Waals surface area contributed by atoms with Gasteiger partial charge in [-0.15, -0.1) is 0 Å². The van der Waals surface area contributed by atoms with E-state index in [0.717, 1.165) is 0 Å². The second-order valence-electron chi connectivity index (χ2n) is 3.17. The van der Waals surface area contributed by atoms with Crippen LogP contribution in [-0.2, 0) is 0 Å². The number of carbonyl (C=O) groups is 1. The number of hydrogen-bond donors (Lipinski definition) is 3. The standard InChI is InChI=1S/C10H14N2O3/c1-2-7(13)5-12-9-6-11-4-3-8(9)10(14)15/h3-4,6-7,12-13H,2,5H2,1H3,(H,14,15). The Morgan fingerprint density at radius 1 is 1.67 bits per heavy atom. The summed E-state index contributed by atoms with van der Waals surface area (Å²) < 4.78 is 0. The van der Waals surface area contributed by atoms with Crippen LogP contribution in [0.15, 0.2) is 18.5 Å². The smallest absolute Gasteiger partial charge is 0.337 e. The molecule has 0 aromatic carbocycles. The van der Waals surface area contributed by atoms with Crippen LogP contribution in [0.3, 0.4) is 0 Å². The molecule has 1 rings (SSSR count). The predicted molar refractivity (Wildman–Crippen MR) is 56.0 cm³/mol. The summed E-state index contributed by atoms with van der Waals surface area (Å²) in [5.41, 5.74) is 0.589. The normalized spacial score (nSPS) is 12.1. The van der Waals surface area contributed by atoms with Crippen molar-refractivity contribution in [3.05, 3.63) is 24.0 Å². The summed E-state index contributed by atoms with van der Waals surface area (Å²) in [5, 5.41) is 21.0. The Kier molecular flexibility index (Phi) is 4.05. The van der Waals surface area contributed by atoms with Crippen LogP contribution in [0.5, 0.6) is 0 Å². The van der Waals surface area contributed by atoms with Gasteiger partial charge >= 0.3 is 5.97 Å². The zero-order chi connectivity index (χ0) is 11.3. The topological polar surface area (TPSA) is 82.5 Å². The zero-order valence-electron chi connectivity index (χ0n) is 8.47. The number of carboxylic acids is 1. The van der Waals surface area contributed by atoms with Crippen LogP contribution in [-0.4, -0.2) is 33.8 Å². The first-order valence-electron chi connectivity index (χ1n) is 4.74. The summed E-state index contributed by atoms with van der Waals surface area (Å²) in [4.78, 5) is 14.6. The van der Waals surface area contributed by atoms with Crippen molar-refractivity contribution in [2.24, 2.45) is 0 Å². The molecule has 82 valence electrons. The highest BCUT2D eigenvalue weighted by Crippen LogP contribution is 2.13. The minimum absolute atomic E-state index is 0.160. The SMILES string of the molecule is CCC(O)CNc1cnccc1C(=O)O. The van der Waals surface area contributed by atoms with E-state index >= 15 is 0 Å². The van der Waals surface area contributed by atoms with E-state index in [1.165, 1.54) is 18.5 Å². The Balaban J connectivity index is 2.72. The maximum Gasteiger partial charge on any atom is 0.337 e. The summed E-state index contributed by atoms with van der Waals surface area (Å²) in [6, 6.07) is 1.42. The number of hydrogen-bond acceptors (Lipinski definition) is 4. The van der Waals surface area contributed by atoms with Crippen molar-refractivity contribution in [1.29, 1.82) is 0 Å². The summed E-state index contributed by atoms with van der Waals surface area (Å²) in [6.45, 7) is 2.18. The quantitative estimate of drug-likeness (QED) is 0.674. The number of aromatic carboxylic acids is 1. The van der Waals surface area contributed by atoms with Gasteiger partial charge in [-0.3, -0.25) is 4.98 Å². The minimum Gasteiger partial charge on any atom is -0.478 e. The lowest BCUT2D eigenvalue weighted by atomic mass is 10.2. The van der Waals surface area contributed by atoms with E-state index in [9.17, 15) is 9.90 Å². The molecular weight excluding hydrogens is 196 g/mol. The molecule has 1 unspecified atom stereocenters. The Labute approximate surface area is 87.8 Å². The van der Waals surface area contributed by atoms with Crippen molar-refractivity contribution < 1.29 is 15.0 Å². The third kappa shape index (κ3) is 3.21. The molecule has 1 aromatic heterocycles. The largest absolute Gasteiger partial charge is 0.478 e. The van der Waals surface area contributed by atoms with E-state index in [0.29, 0.717) is 18.7 Å². The van der Waals surface area contributed by atoms with E-state index < -0.39 is 12.1 Å². The van der Waals surface area contributed by atoms with Crippen molar-refractivity contribution in [3.8, 4) is 0 Å². The molecule has 0 aliphatic carbocycles. The fraction of sp³-hybridized carbons (Fsp3) is 0.400. The minimum atomic E-state index is -1.01. The summed E-state index contributed by atoms with van der Waals surface area (Å²) in [5.74, 6) is -1.01. The van der Waals surface area contributed by atoms with Gasteiger partial charge in [-0.25, -0.2) is 4.79 Å². The van der Waals surface area contributed by atoms with Crippen LogP contribution in [0.1, 0.15) is 23.7 Å². The van der Waals surface area contributed by atoms with Gasteiger partial charge < -0.3 is 15.5 Å². The molecule has 0 amide bonds. The molecule has 1 atom stereocenters. The average Bonchev–Trinajstić information content (AvgIpc) is 2.26. The van der Waals surface area contributed by atoms with E-state index in [1.54, 1.807) is 0 Å². The molecule has 0 saturated carbocycles. The molecule has 5 nitrogen and oxygen atoms in total. The Bertz CT molecular complexity index is 341. The van der Waals surface area contributed by atoms with E-state index in [2.05, 4.69) is 10.3 Å². The lowest BCUT2D eigenvalue weighted by molar-refractivity contribution is 0.0697. The highest BCUT2D eigenvalue weighted by atomic mass is 16.4. The second kappa shape index (κ2) is 5.31. The lowest BCUT2D eigenvalue weighted by Gasteiger charge is -2.11. The van der Waals surface area contributed by atoms with Crippen molar-refractivity contribution in [2.75, 3.05) is 11.9 Å². The van der Waals surface area contributed by atoms with Crippen molar-refractivity contribution in [1.82, 2.24) is 4.98 Å². The second-order valence-corrected chi connectivity index (χ2v) is 3.17. The van der Waals surface area contributed by atoms with Crippen LogP contribution >= 0.6 is 0 Å². The van der Waals surface area contributed by atoms with Crippen LogP contribution in [0.2, 0.25) is 0 Å². The molecule has 1 aromatic rings. The molecule has 0 fully saturated rings. The first-order chi connectivity index (χ1) is 7.15. The number of carboxylic acid groups (broad SMARTS) is 1. The Morgan fingerprint density at radius 2 is 2.40 bits per heavy atom. The molecule has 0 bridgehead atoms. The molecule has 15 heavy (non-hydrogen) atoms. The van der Waals surface area contributed by atoms with Gasteiger partial charge in [0.15, 0.2) is 0 Å². The fourth-order valence-corrected chi connectivity index (χ4v) is 1.09. The third-order valence-electron chi connectivity index (χ3n) is 2.05. The number of aliphatic hydroxyl groups excluding tert-OH is 1. The van der Waals surface area contributed by atoms with E-state index in [-0.39, 0.29) is 5.56 Å². The fourth-order valence-electron chi connectivity index (χ4n) is 1.09. The van der Waals surface area contributed by atoms with Gasteiger partial charge in [0.2, 0.25) is 0 Å². The van der Waals surface area contributed by atoms with Crippen molar-refractivity contribution in [2.45, 2.75) is 19.4 Å². The van der Waals surface area contributed by atoms with E-state index in [4.69, 9.17) is 5.11 Å². The van der Waals surface area contributed by atoms with Gasteiger partial charge in [0.25, 0.3) is 0 Å². The third-order valence-corrected chi connectivity index (χ3v) is 2.05. The van der Waals surface area contributed by atoms with Gasteiger partial charge in [-0.05, 0) is 12.5 Å². The molecule has 0 aliphatic heterocycles. The summed E-state index contributed by atoms with van der Waals surface area (Å²) in [6.07, 6.45) is 3.00. The van der Waals surface area contributed by atoms with Gasteiger partial charge in [0.1, 0.15) is 0 Å². The first kappa shape index (κ1) is 11.5. The number of aromatic nitrogens is 1. The maximum absolute atomic E-state index is 10.8. The van der Waals surface area contributed by atoms with Crippen LogP contribution in [0, 0.1) is 0 Å². The Hall–Kier alpha value is -1.62. The lowest BCUT2D eigenvalue weighted by Crippen LogP contribution is -2.19. The monoisotopic (exact) mass is 210 g/mol. The highest BCUT2D eigenvalue weighted by molar-refractivity contribution is 5.93. The maximum atomic E-state index is 10.8. The average molecular weight is 210 g/mol. The molecular formula is C10H14N2O3. The van der Waals surface area contributed by atoms with E-state index in [1.807, 2.05) is 6.92 Å². The zero-order valence-corrected chi connectivity index (χ0v) is 8.47. The van der Waals surface area contributed by atoms with Gasteiger partial charge in [-0.2, -0.15) is 0 Å². The van der Waals surface area contributed by atoms with Gasteiger partial charge in [0.05, 0.1) is 23.6 Å². The number of pyridine rings is 1. The summed E-state index contributed by atoms with van der Waals surface area (Å²) >= 11 is 0. The first-order valence-corrected chi connectivity index (χ1v) is 4.74. The summed E-state index contributed by atoms with van der Waals surface area (Å²) in [7, 11) is 0. The van der Waals surface area contributed by atoms with Gasteiger partial charge in [-0.1, -0.05) is 6.92 Å². The Morgan fingerprint density at radius 3 is 3.00 bits per heavy atom. The van der Waals surface area contributed by atoms with Crippen LogP contribution < -0.4 is 5.32 Å². The molecule has 0 saturated heterocycles. The number of anilines is 1. The molecule has 3 N–H and O–H groups in total. The highest BCUT2D eigenvalue weighted by Gasteiger charge is 2.09. The molecule has 5 heteroatoms. The number of rotatable bonds is 5. The number of nitrogens with one attached hydrogen (secondary N) is 1. The molecule has 0 spiro atoms.